The third-order valence-corrected chi connectivity index (χ3v) is 5.12. The number of nitrogens with two attached hydrogens (primary N) is 1. The van der Waals surface area contributed by atoms with Crippen molar-refractivity contribution in [3.63, 3.8) is 0 Å². The van der Waals surface area contributed by atoms with Gasteiger partial charge >= 0.3 is 6.01 Å². The number of benzene rings is 1. The summed E-state index contributed by atoms with van der Waals surface area (Å²) in [7, 11) is 0. The molecule has 0 unspecified atom stereocenters. The van der Waals surface area contributed by atoms with Crippen molar-refractivity contribution >= 4 is 27.6 Å². The first-order chi connectivity index (χ1) is 14.1. The Kier molecular flexibility index (Phi) is 5.70. The van der Waals surface area contributed by atoms with Crippen molar-refractivity contribution in [3.05, 3.63) is 53.1 Å². The van der Waals surface area contributed by atoms with Crippen LogP contribution in [0.15, 0.2) is 47.3 Å². The lowest BCUT2D eigenvalue weighted by Crippen LogP contribution is -2.39. The molecule has 0 bridgehead atoms. The van der Waals surface area contributed by atoms with Gasteiger partial charge in [-0.3, -0.25) is 0 Å². The topological polar surface area (TPSA) is 99.3 Å². The Morgan fingerprint density at radius 3 is 2.69 bits per heavy atom. The highest BCUT2D eigenvalue weighted by Gasteiger charge is 2.23. The molecule has 1 aromatic carbocycles. The molecule has 0 radical (unpaired) electrons. The smallest absolute Gasteiger partial charge is 0.318 e. The predicted octanol–water partition coefficient (Wildman–Crippen LogP) is 3.59. The van der Waals surface area contributed by atoms with Crippen molar-refractivity contribution in [2.75, 3.05) is 23.7 Å². The van der Waals surface area contributed by atoms with E-state index in [4.69, 9.17) is 15.2 Å². The van der Waals surface area contributed by atoms with Gasteiger partial charge in [0.1, 0.15) is 24.0 Å². The maximum atomic E-state index is 13.2. The van der Waals surface area contributed by atoms with Crippen molar-refractivity contribution in [2.45, 2.75) is 18.9 Å². The highest BCUT2D eigenvalue weighted by atomic mass is 79.9. The Hall–Kier alpha value is -3.01. The molecule has 1 aliphatic heterocycles. The van der Waals surface area contributed by atoms with Crippen LogP contribution in [0.25, 0.3) is 0 Å². The summed E-state index contributed by atoms with van der Waals surface area (Å²) in [6.07, 6.45) is 3.91. The van der Waals surface area contributed by atoms with Gasteiger partial charge in [-0.2, -0.15) is 4.98 Å². The van der Waals surface area contributed by atoms with Gasteiger partial charge in [-0.25, -0.2) is 19.3 Å². The quantitative estimate of drug-likeness (QED) is 0.616. The molecule has 29 heavy (non-hydrogen) atoms. The second-order valence-corrected chi connectivity index (χ2v) is 7.29. The van der Waals surface area contributed by atoms with Crippen LogP contribution in [-0.2, 0) is 0 Å². The first kappa shape index (κ1) is 19.3. The zero-order chi connectivity index (χ0) is 20.2. The fourth-order valence-corrected chi connectivity index (χ4v) is 3.34. The minimum atomic E-state index is -0.656. The van der Waals surface area contributed by atoms with E-state index in [0.29, 0.717) is 11.6 Å². The van der Waals surface area contributed by atoms with E-state index in [2.05, 4.69) is 40.8 Å². The molecule has 2 N–H and O–H groups in total. The zero-order valence-corrected chi connectivity index (χ0v) is 16.9. The molecule has 8 nitrogen and oxygen atoms in total. The number of halogens is 2. The van der Waals surface area contributed by atoms with E-state index < -0.39 is 5.82 Å². The van der Waals surface area contributed by atoms with Crippen LogP contribution in [0.1, 0.15) is 12.8 Å². The average Bonchev–Trinajstić information content (AvgIpc) is 2.73. The van der Waals surface area contributed by atoms with Crippen LogP contribution in [-0.4, -0.2) is 39.1 Å². The predicted molar refractivity (Wildman–Crippen MR) is 109 cm³/mol. The number of rotatable bonds is 5. The van der Waals surface area contributed by atoms with E-state index in [-0.39, 0.29) is 17.9 Å². The fourth-order valence-electron chi connectivity index (χ4n) is 2.97. The average molecular weight is 461 g/mol. The summed E-state index contributed by atoms with van der Waals surface area (Å²) in [5.41, 5.74) is 5.46. The lowest BCUT2D eigenvalue weighted by Gasteiger charge is -2.32. The van der Waals surface area contributed by atoms with Crippen LogP contribution in [0.5, 0.6) is 17.6 Å². The first-order valence-corrected chi connectivity index (χ1v) is 9.82. The number of anilines is 2. The summed E-state index contributed by atoms with van der Waals surface area (Å²) in [5.74, 6) is 1.06. The number of nitrogens with zero attached hydrogens (tertiary/aromatic N) is 5. The van der Waals surface area contributed by atoms with Crippen LogP contribution >= 0.6 is 15.9 Å². The molecule has 1 aliphatic rings. The number of hydrogen-bond donors (Lipinski definition) is 1. The molecular weight excluding hydrogens is 443 g/mol. The van der Waals surface area contributed by atoms with Gasteiger partial charge in [-0.15, -0.1) is 0 Å². The Morgan fingerprint density at radius 2 is 1.93 bits per heavy atom. The van der Waals surface area contributed by atoms with Gasteiger partial charge in [0.25, 0.3) is 0 Å². The molecule has 4 rings (SSSR count). The number of piperidine rings is 1. The third kappa shape index (κ3) is 4.70. The highest BCUT2D eigenvalue weighted by molar-refractivity contribution is 9.10. The van der Waals surface area contributed by atoms with Crippen molar-refractivity contribution < 1.29 is 13.9 Å². The summed E-state index contributed by atoms with van der Waals surface area (Å²) in [4.78, 5) is 18.3. The van der Waals surface area contributed by atoms with Gasteiger partial charge in [-0.05, 0) is 28.1 Å². The number of nitrogen functional groups attached to an aromatic ring is 1. The van der Waals surface area contributed by atoms with Crippen LogP contribution in [0.2, 0.25) is 0 Å². The Bertz CT molecular complexity index is 1000. The van der Waals surface area contributed by atoms with E-state index in [1.165, 1.54) is 6.33 Å². The van der Waals surface area contributed by atoms with Crippen molar-refractivity contribution in [2.24, 2.45) is 0 Å². The van der Waals surface area contributed by atoms with E-state index in [0.717, 1.165) is 42.4 Å². The normalized spacial score (nSPS) is 14.6. The second-order valence-electron chi connectivity index (χ2n) is 6.44. The Balaban J connectivity index is 1.37. The molecule has 3 aromatic rings. The molecule has 2 aromatic heterocycles. The van der Waals surface area contributed by atoms with Gasteiger partial charge in [-0.1, -0.05) is 12.1 Å². The highest BCUT2D eigenvalue weighted by Crippen LogP contribution is 2.30. The monoisotopic (exact) mass is 460 g/mol. The molecule has 3 heterocycles. The molecule has 0 spiro atoms. The maximum absolute atomic E-state index is 13.2. The van der Waals surface area contributed by atoms with Crippen LogP contribution in [0.4, 0.5) is 16.0 Å². The molecule has 10 heteroatoms. The van der Waals surface area contributed by atoms with Gasteiger partial charge in [0.2, 0.25) is 5.88 Å². The van der Waals surface area contributed by atoms with Gasteiger partial charge < -0.3 is 20.1 Å². The van der Waals surface area contributed by atoms with E-state index in [1.807, 2.05) is 30.3 Å². The second kappa shape index (κ2) is 8.56. The fraction of sp³-hybridized carbons (Fsp3) is 0.263. The summed E-state index contributed by atoms with van der Waals surface area (Å²) < 4.78 is 25.6. The summed E-state index contributed by atoms with van der Waals surface area (Å²) >= 11 is 3.46. The van der Waals surface area contributed by atoms with E-state index >= 15 is 0 Å². The molecule has 0 atom stereocenters. The first-order valence-electron chi connectivity index (χ1n) is 9.02. The Morgan fingerprint density at radius 1 is 1.14 bits per heavy atom. The van der Waals surface area contributed by atoms with Crippen molar-refractivity contribution in [1.82, 2.24) is 19.9 Å². The molecule has 0 aliphatic carbocycles. The summed E-state index contributed by atoms with van der Waals surface area (Å²) in [6, 6.07) is 9.48. The minimum absolute atomic E-state index is 0.0751. The minimum Gasteiger partial charge on any atom is -0.460 e. The molecule has 1 fully saturated rings. The molecule has 150 valence electrons. The number of ether oxygens (including phenoxy) is 2. The van der Waals surface area contributed by atoms with Crippen molar-refractivity contribution in [1.29, 1.82) is 0 Å². The number of para-hydroxylation sites is 1. The maximum Gasteiger partial charge on any atom is 0.318 e. The molecule has 0 saturated carbocycles. The SMILES string of the molecule is Nc1nc(OC2CCN(c3cc(Oc4ccccc4Br)ncn3)CC2)ncc1F. The number of hydrogen-bond acceptors (Lipinski definition) is 8. The van der Waals surface area contributed by atoms with Crippen LogP contribution < -0.4 is 20.1 Å². The molecule has 0 amide bonds. The lowest BCUT2D eigenvalue weighted by molar-refractivity contribution is 0.156. The van der Waals surface area contributed by atoms with Crippen molar-refractivity contribution in [3.8, 4) is 17.6 Å². The Labute approximate surface area is 175 Å². The summed E-state index contributed by atoms with van der Waals surface area (Å²) in [6.45, 7) is 1.46. The van der Waals surface area contributed by atoms with Crippen LogP contribution in [0.3, 0.4) is 0 Å². The van der Waals surface area contributed by atoms with E-state index in [1.54, 1.807) is 0 Å². The zero-order valence-electron chi connectivity index (χ0n) is 15.3. The lowest BCUT2D eigenvalue weighted by atomic mass is 10.1. The largest absolute Gasteiger partial charge is 0.460 e. The molecule has 1 saturated heterocycles. The third-order valence-electron chi connectivity index (χ3n) is 4.47. The molecular formula is C19H18BrFN6O2. The van der Waals surface area contributed by atoms with Gasteiger partial charge in [0, 0.05) is 32.0 Å². The number of aromatic nitrogens is 4. The van der Waals surface area contributed by atoms with Gasteiger partial charge in [0.05, 0.1) is 10.7 Å². The summed E-state index contributed by atoms with van der Waals surface area (Å²) in [5, 5.41) is 0. The standard InChI is InChI=1S/C19H18BrFN6O2/c20-13-3-1-2-4-15(13)29-17-9-16(24-11-25-17)27-7-5-12(6-8-27)28-19-23-10-14(21)18(22)26-19/h1-4,9-12H,5-8H2,(H2,22,23,26). The van der Waals surface area contributed by atoms with Gasteiger partial charge in [0.15, 0.2) is 11.6 Å². The van der Waals surface area contributed by atoms with Crippen LogP contribution in [0, 0.1) is 5.82 Å². The van der Waals surface area contributed by atoms with E-state index in [9.17, 15) is 4.39 Å².